The second kappa shape index (κ2) is 10.3. The van der Waals surface area contributed by atoms with Crippen LogP contribution in [0.3, 0.4) is 0 Å². The lowest BCUT2D eigenvalue weighted by Crippen LogP contribution is -2.74. The highest BCUT2D eigenvalue weighted by Gasteiger charge is 2.66. The van der Waals surface area contributed by atoms with Gasteiger partial charge in [-0.1, -0.05) is 32.1 Å². The van der Waals surface area contributed by atoms with Crippen molar-refractivity contribution in [1.29, 1.82) is 0 Å². The normalized spacial score (nSPS) is 48.5. The molecule has 0 aromatic carbocycles. The zero-order chi connectivity index (χ0) is 25.7. The first-order chi connectivity index (χ1) is 17.8. The van der Waals surface area contributed by atoms with Gasteiger partial charge < -0.3 is 26.6 Å². The summed E-state index contributed by atoms with van der Waals surface area (Å²) in [5.41, 5.74) is 13.6. The molecule has 4 saturated carbocycles. The van der Waals surface area contributed by atoms with Gasteiger partial charge in [-0.15, -0.1) is 0 Å². The fourth-order valence-corrected chi connectivity index (χ4v) is 11.4. The molecule has 1 spiro atoms. The maximum atomic E-state index is 10.2. The molecule has 3 saturated heterocycles. The van der Waals surface area contributed by atoms with Gasteiger partial charge >= 0.3 is 0 Å². The Morgan fingerprint density at radius 1 is 0.892 bits per heavy atom. The Balaban J connectivity index is 1.29. The summed E-state index contributed by atoms with van der Waals surface area (Å²) in [6.07, 6.45) is 24.5. The second-order valence-corrected chi connectivity index (χ2v) is 15.3. The number of aliphatic hydroxyl groups excluding tert-OH is 1. The third-order valence-corrected chi connectivity index (χ3v) is 12.9. The van der Waals surface area contributed by atoms with Crippen LogP contribution in [0.2, 0.25) is 0 Å². The van der Waals surface area contributed by atoms with Crippen molar-refractivity contribution in [2.24, 2.45) is 46.5 Å². The molecule has 3 heterocycles. The zero-order valence-corrected chi connectivity index (χ0v) is 23.8. The summed E-state index contributed by atoms with van der Waals surface area (Å²) in [4.78, 5) is 0. The van der Waals surface area contributed by atoms with Crippen molar-refractivity contribution in [1.82, 2.24) is 5.32 Å². The lowest BCUT2D eigenvalue weighted by molar-refractivity contribution is -0.315. The Morgan fingerprint density at radius 3 is 2.38 bits per heavy atom. The Morgan fingerprint density at radius 2 is 1.68 bits per heavy atom. The summed E-state index contributed by atoms with van der Waals surface area (Å²) in [6, 6.07) is 0. The van der Waals surface area contributed by atoms with Crippen LogP contribution >= 0.6 is 0 Å². The van der Waals surface area contributed by atoms with Gasteiger partial charge in [0.05, 0.1) is 17.4 Å². The molecule has 2 bridgehead atoms. The average molecular weight is 516 g/mol. The van der Waals surface area contributed by atoms with Crippen molar-refractivity contribution in [2.45, 2.75) is 152 Å². The first kappa shape index (κ1) is 27.0. The number of hydrogen-bond donors (Lipinski definition) is 4. The third-order valence-electron chi connectivity index (χ3n) is 12.9. The summed E-state index contributed by atoms with van der Waals surface area (Å²) in [5, 5.41) is 13.7. The minimum absolute atomic E-state index is 0.0910. The van der Waals surface area contributed by atoms with E-state index in [0.717, 1.165) is 37.6 Å². The topological polar surface area (TPSA) is 93.5 Å². The molecule has 0 aromatic heterocycles. The average Bonchev–Trinajstić information content (AvgIpc) is 3.32. The standard InChI is InChI=1S/C32H57N3O2/c1-29(25-7-3-2-4-8-25)27-11-14-32(37-29,22-31(27,34)15-16-36)26-18-24(17-23-9-10-28(33)35-21-23)19-30(20-26)12-5-6-13-30/h23-28,35-36H,2-22,33-34H2,1H3/t23?,24-,26+,27-,28?,29+,31+,32+/m1/s1. The van der Waals surface area contributed by atoms with Crippen molar-refractivity contribution in [3.05, 3.63) is 0 Å². The maximum Gasteiger partial charge on any atom is 0.0736 e. The van der Waals surface area contributed by atoms with Crippen LogP contribution < -0.4 is 16.8 Å². The molecule has 0 aromatic rings. The van der Waals surface area contributed by atoms with E-state index in [4.69, 9.17) is 16.2 Å². The minimum atomic E-state index is -0.281. The van der Waals surface area contributed by atoms with E-state index in [1.54, 1.807) is 0 Å². The highest BCUT2D eigenvalue weighted by Crippen LogP contribution is 2.65. The fraction of sp³-hybridized carbons (Fsp3) is 1.00. The maximum absolute atomic E-state index is 10.2. The molecule has 4 aliphatic carbocycles. The summed E-state index contributed by atoms with van der Waals surface area (Å²) in [5.74, 6) is 3.22. The van der Waals surface area contributed by atoms with E-state index in [1.165, 1.54) is 103 Å². The number of hydrogen-bond acceptors (Lipinski definition) is 5. The van der Waals surface area contributed by atoms with E-state index in [9.17, 15) is 5.11 Å². The van der Waals surface area contributed by atoms with Gasteiger partial charge in [-0.2, -0.15) is 0 Å². The summed E-state index contributed by atoms with van der Waals surface area (Å²) in [6.45, 7) is 3.76. The Hall–Kier alpha value is -0.200. The smallest absolute Gasteiger partial charge is 0.0736 e. The Kier molecular flexibility index (Phi) is 7.53. The number of nitrogens with one attached hydrogen (secondary N) is 1. The third kappa shape index (κ3) is 4.96. The summed E-state index contributed by atoms with van der Waals surface area (Å²) >= 11 is 0. The summed E-state index contributed by atoms with van der Waals surface area (Å²) < 4.78 is 7.65. The molecule has 212 valence electrons. The molecule has 2 unspecified atom stereocenters. The van der Waals surface area contributed by atoms with E-state index in [0.29, 0.717) is 23.2 Å². The number of ether oxygens (including phenoxy) is 1. The van der Waals surface area contributed by atoms with Crippen molar-refractivity contribution in [3.8, 4) is 0 Å². The SMILES string of the molecule is C[C@@]1(C2CCCCC2)O[C@@]2([C@H]3C[C@@H](CC4CCC(N)NC4)CC4(CCCC4)C3)CC[C@H]1[C@](N)(CCO)C2. The fourth-order valence-electron chi connectivity index (χ4n) is 11.4. The van der Waals surface area contributed by atoms with Gasteiger partial charge in [0.15, 0.2) is 0 Å². The van der Waals surface area contributed by atoms with Crippen molar-refractivity contribution in [3.63, 3.8) is 0 Å². The number of aliphatic hydroxyl groups is 1. The molecule has 7 fully saturated rings. The Bertz CT molecular complexity index is 787. The van der Waals surface area contributed by atoms with E-state index in [-0.39, 0.29) is 29.5 Å². The molecule has 37 heavy (non-hydrogen) atoms. The van der Waals surface area contributed by atoms with E-state index < -0.39 is 0 Å². The van der Waals surface area contributed by atoms with E-state index in [2.05, 4.69) is 12.2 Å². The van der Waals surface area contributed by atoms with Crippen molar-refractivity contribution < 1.29 is 9.84 Å². The predicted molar refractivity (Wildman–Crippen MR) is 150 cm³/mol. The van der Waals surface area contributed by atoms with Crippen LogP contribution in [0, 0.1) is 35.0 Å². The van der Waals surface area contributed by atoms with Crippen LogP contribution in [0.15, 0.2) is 0 Å². The predicted octanol–water partition coefficient (Wildman–Crippen LogP) is 5.63. The van der Waals surface area contributed by atoms with Crippen LogP contribution in [0.1, 0.15) is 129 Å². The quantitative estimate of drug-likeness (QED) is 0.368. The molecular weight excluding hydrogens is 458 g/mol. The van der Waals surface area contributed by atoms with Crippen molar-refractivity contribution >= 4 is 0 Å². The molecule has 3 aliphatic heterocycles. The molecular formula is C32H57N3O2. The highest BCUT2D eigenvalue weighted by molar-refractivity contribution is 5.18. The molecule has 5 heteroatoms. The van der Waals surface area contributed by atoms with Gasteiger partial charge in [0.2, 0.25) is 0 Å². The van der Waals surface area contributed by atoms with E-state index in [1.807, 2.05) is 0 Å². The van der Waals surface area contributed by atoms with Gasteiger partial charge in [0.25, 0.3) is 0 Å². The molecule has 7 aliphatic rings. The van der Waals surface area contributed by atoms with Crippen LogP contribution in [0.25, 0.3) is 0 Å². The molecule has 0 amide bonds. The molecule has 5 nitrogen and oxygen atoms in total. The van der Waals surface area contributed by atoms with Crippen LogP contribution in [-0.2, 0) is 4.74 Å². The molecule has 7 rings (SSSR count). The lowest BCUT2D eigenvalue weighted by Gasteiger charge is -2.68. The molecule has 0 radical (unpaired) electrons. The van der Waals surface area contributed by atoms with Crippen LogP contribution in [0.5, 0.6) is 0 Å². The van der Waals surface area contributed by atoms with E-state index >= 15 is 0 Å². The van der Waals surface area contributed by atoms with Gasteiger partial charge in [-0.05, 0) is 132 Å². The van der Waals surface area contributed by atoms with Crippen LogP contribution in [0.4, 0.5) is 0 Å². The number of fused-ring (bicyclic) bond motifs is 3. The summed E-state index contributed by atoms with van der Waals surface area (Å²) in [7, 11) is 0. The van der Waals surface area contributed by atoms with Gasteiger partial charge in [-0.25, -0.2) is 0 Å². The first-order valence-electron chi connectivity index (χ1n) is 16.4. The largest absolute Gasteiger partial charge is 0.396 e. The van der Waals surface area contributed by atoms with Gasteiger partial charge in [0, 0.05) is 18.1 Å². The monoisotopic (exact) mass is 515 g/mol. The first-order valence-corrected chi connectivity index (χ1v) is 16.4. The Labute approximate surface area is 226 Å². The zero-order valence-electron chi connectivity index (χ0n) is 23.8. The minimum Gasteiger partial charge on any atom is -0.396 e. The number of piperidine rings is 1. The molecule has 6 N–H and O–H groups in total. The number of rotatable bonds is 6. The van der Waals surface area contributed by atoms with Gasteiger partial charge in [0.1, 0.15) is 0 Å². The van der Waals surface area contributed by atoms with Crippen LogP contribution in [-0.4, -0.2) is 41.2 Å². The highest BCUT2D eigenvalue weighted by atomic mass is 16.5. The van der Waals surface area contributed by atoms with Crippen molar-refractivity contribution in [2.75, 3.05) is 13.2 Å². The lowest BCUT2D eigenvalue weighted by atomic mass is 9.49. The van der Waals surface area contributed by atoms with Gasteiger partial charge in [-0.3, -0.25) is 0 Å². The second-order valence-electron chi connectivity index (χ2n) is 15.3. The molecule has 8 atom stereocenters. The number of nitrogens with two attached hydrogens (primary N) is 2.